The summed E-state index contributed by atoms with van der Waals surface area (Å²) in [6, 6.07) is 3.79. The Hall–Kier alpha value is -2.58. The SMILES string of the molecule is CCc1ncc(C(=O)N2C[C@@H]3OCC(Oc4ccc(C)nc4)CO[C@H]3C2)cn1. The first-order valence-corrected chi connectivity index (χ1v) is 9.55. The summed E-state index contributed by atoms with van der Waals surface area (Å²) in [5, 5.41) is 0. The zero-order valence-electron chi connectivity index (χ0n) is 16.1. The van der Waals surface area contributed by atoms with Gasteiger partial charge in [-0.3, -0.25) is 9.78 Å². The summed E-state index contributed by atoms with van der Waals surface area (Å²) in [4.78, 5) is 27.1. The lowest BCUT2D eigenvalue weighted by Crippen LogP contribution is -2.33. The lowest BCUT2D eigenvalue weighted by atomic mass is 10.3. The lowest BCUT2D eigenvalue weighted by Gasteiger charge is -2.19. The van der Waals surface area contributed by atoms with Crippen molar-refractivity contribution in [3.63, 3.8) is 0 Å². The number of amides is 1. The number of pyridine rings is 1. The van der Waals surface area contributed by atoms with Gasteiger partial charge in [0.05, 0.1) is 25.0 Å². The van der Waals surface area contributed by atoms with E-state index in [-0.39, 0.29) is 24.2 Å². The molecule has 4 rings (SSSR count). The van der Waals surface area contributed by atoms with Crippen LogP contribution in [0.3, 0.4) is 0 Å². The zero-order chi connectivity index (χ0) is 19.5. The molecule has 0 aliphatic carbocycles. The van der Waals surface area contributed by atoms with Crippen LogP contribution in [0.4, 0.5) is 0 Å². The molecule has 2 aliphatic heterocycles. The van der Waals surface area contributed by atoms with Crippen molar-refractivity contribution in [3.05, 3.63) is 47.8 Å². The van der Waals surface area contributed by atoms with Crippen molar-refractivity contribution < 1.29 is 19.0 Å². The molecule has 2 aromatic heterocycles. The molecule has 0 spiro atoms. The Morgan fingerprint density at radius 1 is 1.11 bits per heavy atom. The van der Waals surface area contributed by atoms with E-state index < -0.39 is 0 Å². The second-order valence-corrected chi connectivity index (χ2v) is 7.07. The number of hydrogen-bond donors (Lipinski definition) is 0. The van der Waals surface area contributed by atoms with Crippen LogP contribution in [0.5, 0.6) is 5.75 Å². The van der Waals surface area contributed by atoms with Crippen molar-refractivity contribution in [2.75, 3.05) is 26.3 Å². The van der Waals surface area contributed by atoms with Gasteiger partial charge in [-0.2, -0.15) is 0 Å². The number of nitrogens with zero attached hydrogens (tertiary/aromatic N) is 4. The Morgan fingerprint density at radius 2 is 1.79 bits per heavy atom. The first-order chi connectivity index (χ1) is 13.6. The Kier molecular flexibility index (Phi) is 5.50. The number of rotatable bonds is 4. The molecule has 28 heavy (non-hydrogen) atoms. The van der Waals surface area contributed by atoms with Gasteiger partial charge in [0.1, 0.15) is 29.9 Å². The molecular formula is C20H24N4O4. The molecule has 0 N–H and O–H groups in total. The van der Waals surface area contributed by atoms with E-state index in [9.17, 15) is 4.79 Å². The van der Waals surface area contributed by atoms with Crippen LogP contribution in [0.2, 0.25) is 0 Å². The molecule has 0 saturated carbocycles. The van der Waals surface area contributed by atoms with E-state index in [0.29, 0.717) is 37.6 Å². The van der Waals surface area contributed by atoms with E-state index in [0.717, 1.165) is 17.9 Å². The van der Waals surface area contributed by atoms with Crippen LogP contribution < -0.4 is 4.74 Å². The summed E-state index contributed by atoms with van der Waals surface area (Å²) < 4.78 is 17.9. The van der Waals surface area contributed by atoms with Crippen molar-refractivity contribution in [1.29, 1.82) is 0 Å². The van der Waals surface area contributed by atoms with Crippen molar-refractivity contribution in [2.24, 2.45) is 0 Å². The summed E-state index contributed by atoms with van der Waals surface area (Å²) in [6.45, 7) is 5.69. The minimum atomic E-state index is -0.200. The fourth-order valence-electron chi connectivity index (χ4n) is 3.35. The highest BCUT2D eigenvalue weighted by Gasteiger charge is 2.40. The summed E-state index contributed by atoms with van der Waals surface area (Å²) in [5.41, 5.74) is 1.43. The maximum absolute atomic E-state index is 12.7. The van der Waals surface area contributed by atoms with Crippen molar-refractivity contribution in [1.82, 2.24) is 19.9 Å². The number of aryl methyl sites for hydroxylation is 2. The van der Waals surface area contributed by atoms with Gasteiger partial charge in [0.2, 0.25) is 0 Å². The molecule has 1 amide bonds. The first-order valence-electron chi connectivity index (χ1n) is 9.55. The molecule has 8 heteroatoms. The number of carbonyl (C=O) groups excluding carboxylic acids is 1. The lowest BCUT2D eigenvalue weighted by molar-refractivity contribution is -0.00461. The summed E-state index contributed by atoms with van der Waals surface area (Å²) in [7, 11) is 0. The molecule has 2 saturated heterocycles. The molecule has 0 radical (unpaired) electrons. The topological polar surface area (TPSA) is 86.7 Å². The second kappa shape index (κ2) is 8.20. The van der Waals surface area contributed by atoms with Gasteiger partial charge in [-0.1, -0.05) is 6.92 Å². The van der Waals surface area contributed by atoms with Crippen LogP contribution >= 0.6 is 0 Å². The van der Waals surface area contributed by atoms with Crippen LogP contribution in [0.25, 0.3) is 0 Å². The number of carbonyl (C=O) groups is 1. The van der Waals surface area contributed by atoms with Gasteiger partial charge >= 0.3 is 0 Å². The number of aromatic nitrogens is 3. The normalized spacial score (nSPS) is 22.6. The quantitative estimate of drug-likeness (QED) is 0.788. The monoisotopic (exact) mass is 384 g/mol. The average molecular weight is 384 g/mol. The van der Waals surface area contributed by atoms with Crippen LogP contribution in [0.1, 0.15) is 28.8 Å². The smallest absolute Gasteiger partial charge is 0.257 e. The number of likely N-dealkylation sites (tertiary alicyclic amines) is 1. The molecule has 2 aliphatic rings. The van der Waals surface area contributed by atoms with Crippen LogP contribution in [0.15, 0.2) is 30.7 Å². The van der Waals surface area contributed by atoms with Gasteiger partial charge in [0.15, 0.2) is 0 Å². The largest absolute Gasteiger partial charge is 0.484 e. The number of fused-ring (bicyclic) bond motifs is 1. The first kappa shape index (κ1) is 18.8. The maximum atomic E-state index is 12.7. The Bertz CT molecular complexity index is 796. The Balaban J connectivity index is 1.33. The highest BCUT2D eigenvalue weighted by Crippen LogP contribution is 2.23. The van der Waals surface area contributed by atoms with Gasteiger partial charge in [-0.05, 0) is 19.1 Å². The third-order valence-corrected chi connectivity index (χ3v) is 4.95. The molecule has 4 heterocycles. The molecule has 0 aromatic carbocycles. The molecule has 2 aromatic rings. The Morgan fingerprint density at radius 3 is 2.36 bits per heavy atom. The van der Waals surface area contributed by atoms with E-state index in [2.05, 4.69) is 15.0 Å². The fraction of sp³-hybridized carbons (Fsp3) is 0.500. The van der Waals surface area contributed by atoms with Gasteiger partial charge in [-0.25, -0.2) is 9.97 Å². The maximum Gasteiger partial charge on any atom is 0.257 e. The summed E-state index contributed by atoms with van der Waals surface area (Å²) in [6.07, 6.45) is 5.09. The molecule has 148 valence electrons. The van der Waals surface area contributed by atoms with Crippen molar-refractivity contribution in [2.45, 2.75) is 38.6 Å². The van der Waals surface area contributed by atoms with E-state index in [1.165, 1.54) is 0 Å². The molecule has 2 fully saturated rings. The average Bonchev–Trinajstić information content (AvgIpc) is 3.05. The minimum Gasteiger partial charge on any atom is -0.484 e. The predicted octanol–water partition coefficient (Wildman–Crippen LogP) is 1.43. The van der Waals surface area contributed by atoms with Crippen LogP contribution in [-0.4, -0.2) is 70.4 Å². The van der Waals surface area contributed by atoms with Gasteiger partial charge in [0, 0.05) is 37.6 Å². The standard InChI is InChI=1S/C20H24N4O4/c1-3-19-22-6-14(7-23-19)20(25)24-9-17-18(10-24)27-12-16(11-26-17)28-15-5-4-13(2)21-8-15/h4-8,16-18H,3,9-12H2,1-2H3/t17-,18-/m0/s1. The van der Waals surface area contributed by atoms with Gasteiger partial charge in [-0.15, -0.1) is 0 Å². The molecular weight excluding hydrogens is 360 g/mol. The fourth-order valence-corrected chi connectivity index (χ4v) is 3.35. The predicted molar refractivity (Wildman–Crippen MR) is 100 cm³/mol. The Labute approximate surface area is 163 Å². The van der Waals surface area contributed by atoms with Crippen molar-refractivity contribution >= 4 is 5.91 Å². The van der Waals surface area contributed by atoms with Crippen LogP contribution in [0, 0.1) is 6.92 Å². The third-order valence-electron chi connectivity index (χ3n) is 4.95. The molecule has 0 bridgehead atoms. The van der Waals surface area contributed by atoms with E-state index >= 15 is 0 Å². The van der Waals surface area contributed by atoms with E-state index in [1.807, 2.05) is 26.0 Å². The molecule has 8 nitrogen and oxygen atoms in total. The zero-order valence-corrected chi connectivity index (χ0v) is 16.1. The summed E-state index contributed by atoms with van der Waals surface area (Å²) in [5.74, 6) is 1.33. The minimum absolute atomic E-state index is 0.0959. The second-order valence-electron chi connectivity index (χ2n) is 7.07. The number of hydrogen-bond acceptors (Lipinski definition) is 7. The third kappa shape index (κ3) is 4.13. The molecule has 2 atom stereocenters. The van der Waals surface area contributed by atoms with Gasteiger partial charge in [0.25, 0.3) is 5.91 Å². The van der Waals surface area contributed by atoms with E-state index in [1.54, 1.807) is 23.5 Å². The van der Waals surface area contributed by atoms with Crippen molar-refractivity contribution in [3.8, 4) is 5.75 Å². The number of ether oxygens (including phenoxy) is 3. The highest BCUT2D eigenvalue weighted by atomic mass is 16.6. The van der Waals surface area contributed by atoms with Gasteiger partial charge < -0.3 is 19.1 Å². The molecule has 0 unspecified atom stereocenters. The van der Waals surface area contributed by atoms with E-state index in [4.69, 9.17) is 14.2 Å². The van der Waals surface area contributed by atoms with Crippen LogP contribution in [-0.2, 0) is 15.9 Å². The summed E-state index contributed by atoms with van der Waals surface area (Å²) >= 11 is 0. The highest BCUT2D eigenvalue weighted by molar-refractivity contribution is 5.93.